The van der Waals surface area contributed by atoms with E-state index < -0.39 is 0 Å². The van der Waals surface area contributed by atoms with Crippen LogP contribution < -0.4 is 5.73 Å². The number of imidazole rings is 1. The molecule has 0 spiro atoms. The molecule has 0 fully saturated rings. The Morgan fingerprint density at radius 3 is 2.68 bits per heavy atom. The summed E-state index contributed by atoms with van der Waals surface area (Å²) in [6.07, 6.45) is 5.01. The summed E-state index contributed by atoms with van der Waals surface area (Å²) >= 11 is 0. The summed E-state index contributed by atoms with van der Waals surface area (Å²) in [4.78, 5) is 21.0. The van der Waals surface area contributed by atoms with Crippen LogP contribution >= 0.6 is 0 Å². The Hall–Kier alpha value is -3.79. The Morgan fingerprint density at radius 2 is 1.84 bits per heavy atom. The highest BCUT2D eigenvalue weighted by Crippen LogP contribution is 2.18. The summed E-state index contributed by atoms with van der Waals surface area (Å²) < 4.78 is 1.85. The van der Waals surface area contributed by atoms with E-state index in [1.165, 1.54) is 0 Å². The van der Waals surface area contributed by atoms with Gasteiger partial charge in [0.05, 0.1) is 11.0 Å². The molecule has 7 heteroatoms. The van der Waals surface area contributed by atoms with Crippen LogP contribution in [-0.2, 0) is 0 Å². The monoisotopic (exact) mass is 327 g/mol. The lowest BCUT2D eigenvalue weighted by Crippen LogP contribution is -2.01. The minimum absolute atomic E-state index is 0.215. The molecule has 1 aromatic carbocycles. The number of nitrogen functional groups attached to an aromatic ring is 1. The molecular formula is C18H13N7. The van der Waals surface area contributed by atoms with Crippen LogP contribution in [0.5, 0.6) is 0 Å². The minimum atomic E-state index is 0.215. The number of nitrogens with zero attached hydrogens (tertiary/aromatic N) is 6. The fraction of sp³-hybridized carbons (Fsp3) is 0.0556. The summed E-state index contributed by atoms with van der Waals surface area (Å²) in [7, 11) is 0. The first kappa shape index (κ1) is 14.8. The van der Waals surface area contributed by atoms with Gasteiger partial charge in [0.2, 0.25) is 11.8 Å². The van der Waals surface area contributed by atoms with Gasteiger partial charge in [-0.1, -0.05) is 5.92 Å². The van der Waals surface area contributed by atoms with Crippen molar-refractivity contribution in [3.05, 3.63) is 66.1 Å². The maximum atomic E-state index is 5.67. The van der Waals surface area contributed by atoms with Crippen molar-refractivity contribution in [2.75, 3.05) is 5.73 Å². The second kappa shape index (κ2) is 6.02. The molecule has 7 nitrogen and oxygen atoms in total. The normalized spacial score (nSPS) is 10.4. The Kier molecular flexibility index (Phi) is 3.56. The average Bonchev–Trinajstić information content (AvgIpc) is 3.03. The first-order valence-electron chi connectivity index (χ1n) is 7.57. The molecule has 0 bridgehead atoms. The Balaban J connectivity index is 1.77. The predicted octanol–water partition coefficient (Wildman–Crippen LogP) is 1.90. The highest BCUT2D eigenvalue weighted by atomic mass is 15.1. The van der Waals surface area contributed by atoms with Gasteiger partial charge in [-0.15, -0.1) is 0 Å². The number of hydrogen-bond acceptors (Lipinski definition) is 6. The standard InChI is InChI=1S/C18H13N7/c1-12-6-8-20-16(23-12)5-3-13-2-4-14-15(10-13)25(11-22-14)17-7-9-21-18(19)24-17/h2,4,6-11H,1H3,(H2,19,21,24). The van der Waals surface area contributed by atoms with Crippen LogP contribution in [0.3, 0.4) is 0 Å². The second-order valence-electron chi connectivity index (χ2n) is 5.36. The lowest BCUT2D eigenvalue weighted by atomic mass is 10.2. The molecular weight excluding hydrogens is 314 g/mol. The second-order valence-corrected chi connectivity index (χ2v) is 5.36. The number of rotatable bonds is 1. The number of hydrogen-bond donors (Lipinski definition) is 1. The van der Waals surface area contributed by atoms with Gasteiger partial charge in [-0.2, -0.15) is 4.98 Å². The summed E-state index contributed by atoms with van der Waals surface area (Å²) in [6, 6.07) is 9.39. The molecule has 0 saturated heterocycles. The van der Waals surface area contributed by atoms with Crippen LogP contribution in [-0.4, -0.2) is 29.5 Å². The maximum Gasteiger partial charge on any atom is 0.221 e. The molecule has 25 heavy (non-hydrogen) atoms. The van der Waals surface area contributed by atoms with E-state index in [0.717, 1.165) is 22.3 Å². The van der Waals surface area contributed by atoms with E-state index in [1.54, 1.807) is 24.8 Å². The molecule has 0 unspecified atom stereocenters. The average molecular weight is 327 g/mol. The zero-order valence-electron chi connectivity index (χ0n) is 13.4. The van der Waals surface area contributed by atoms with E-state index >= 15 is 0 Å². The number of aryl methyl sites for hydroxylation is 1. The van der Waals surface area contributed by atoms with Crippen molar-refractivity contribution in [1.82, 2.24) is 29.5 Å². The van der Waals surface area contributed by atoms with Crippen LogP contribution in [0.2, 0.25) is 0 Å². The van der Waals surface area contributed by atoms with Crippen molar-refractivity contribution in [1.29, 1.82) is 0 Å². The van der Waals surface area contributed by atoms with Crippen LogP contribution in [0, 0.1) is 18.8 Å². The summed E-state index contributed by atoms with van der Waals surface area (Å²) in [5.41, 5.74) is 9.12. The molecule has 3 aromatic heterocycles. The Bertz CT molecular complexity index is 1130. The third kappa shape index (κ3) is 3.01. The molecule has 0 atom stereocenters. The Morgan fingerprint density at radius 1 is 0.960 bits per heavy atom. The third-order valence-electron chi connectivity index (χ3n) is 3.57. The van der Waals surface area contributed by atoms with Gasteiger partial charge in [-0.25, -0.2) is 19.9 Å². The summed E-state index contributed by atoms with van der Waals surface area (Å²) in [6.45, 7) is 1.91. The van der Waals surface area contributed by atoms with Gasteiger partial charge in [-0.05, 0) is 43.2 Å². The molecule has 120 valence electrons. The topological polar surface area (TPSA) is 95.4 Å². The van der Waals surface area contributed by atoms with Crippen molar-refractivity contribution in [3.8, 4) is 17.7 Å². The van der Waals surface area contributed by atoms with E-state index in [0.29, 0.717) is 11.6 Å². The van der Waals surface area contributed by atoms with Crippen molar-refractivity contribution in [2.24, 2.45) is 0 Å². The number of anilines is 1. The lowest BCUT2D eigenvalue weighted by Gasteiger charge is -2.03. The first-order valence-corrected chi connectivity index (χ1v) is 7.57. The molecule has 0 radical (unpaired) electrons. The van der Waals surface area contributed by atoms with Crippen molar-refractivity contribution in [2.45, 2.75) is 6.92 Å². The molecule has 4 rings (SSSR count). The lowest BCUT2D eigenvalue weighted by molar-refractivity contribution is 1.00. The number of aromatic nitrogens is 6. The van der Waals surface area contributed by atoms with E-state index in [9.17, 15) is 0 Å². The van der Waals surface area contributed by atoms with Crippen molar-refractivity contribution < 1.29 is 0 Å². The molecule has 0 saturated carbocycles. The van der Waals surface area contributed by atoms with E-state index in [2.05, 4.69) is 36.8 Å². The van der Waals surface area contributed by atoms with Crippen LogP contribution in [0.4, 0.5) is 5.95 Å². The molecule has 0 aliphatic rings. The van der Waals surface area contributed by atoms with Gasteiger partial charge in [0.1, 0.15) is 12.1 Å². The van der Waals surface area contributed by atoms with Crippen LogP contribution in [0.15, 0.2) is 49.1 Å². The quantitative estimate of drug-likeness (QED) is 0.536. The van der Waals surface area contributed by atoms with E-state index in [1.807, 2.05) is 35.8 Å². The SMILES string of the molecule is Cc1ccnc(C#Cc2ccc3ncn(-c4ccnc(N)n4)c3c2)n1. The summed E-state index contributed by atoms with van der Waals surface area (Å²) in [5.74, 6) is 7.43. The third-order valence-corrected chi connectivity index (χ3v) is 3.57. The number of benzene rings is 1. The summed E-state index contributed by atoms with van der Waals surface area (Å²) in [5, 5.41) is 0. The zero-order valence-corrected chi connectivity index (χ0v) is 13.4. The first-order chi connectivity index (χ1) is 12.2. The van der Waals surface area contributed by atoms with E-state index in [-0.39, 0.29) is 5.95 Å². The van der Waals surface area contributed by atoms with Gasteiger partial charge in [-0.3, -0.25) is 4.57 Å². The highest BCUT2D eigenvalue weighted by molar-refractivity contribution is 5.78. The minimum Gasteiger partial charge on any atom is -0.368 e. The van der Waals surface area contributed by atoms with Crippen molar-refractivity contribution >= 4 is 17.0 Å². The molecule has 4 aromatic rings. The van der Waals surface area contributed by atoms with Gasteiger partial charge < -0.3 is 5.73 Å². The smallest absolute Gasteiger partial charge is 0.221 e. The molecule has 0 aliphatic carbocycles. The van der Waals surface area contributed by atoms with Gasteiger partial charge in [0.15, 0.2) is 0 Å². The van der Waals surface area contributed by atoms with E-state index in [4.69, 9.17) is 5.73 Å². The molecule has 3 heterocycles. The van der Waals surface area contributed by atoms with Crippen LogP contribution in [0.25, 0.3) is 16.9 Å². The van der Waals surface area contributed by atoms with Gasteiger partial charge >= 0.3 is 0 Å². The fourth-order valence-electron chi connectivity index (χ4n) is 2.40. The highest BCUT2D eigenvalue weighted by Gasteiger charge is 2.07. The largest absolute Gasteiger partial charge is 0.368 e. The fourth-order valence-corrected chi connectivity index (χ4v) is 2.40. The maximum absolute atomic E-state index is 5.67. The molecule has 0 aliphatic heterocycles. The molecule has 2 N–H and O–H groups in total. The Labute approximate surface area is 143 Å². The zero-order chi connectivity index (χ0) is 17.2. The molecule has 0 amide bonds. The number of nitrogens with two attached hydrogens (primary N) is 1. The number of fused-ring (bicyclic) bond motifs is 1. The predicted molar refractivity (Wildman–Crippen MR) is 93.8 cm³/mol. The van der Waals surface area contributed by atoms with Crippen LogP contribution in [0.1, 0.15) is 17.1 Å². The van der Waals surface area contributed by atoms with Gasteiger partial charge in [0, 0.05) is 23.7 Å². The van der Waals surface area contributed by atoms with Crippen molar-refractivity contribution in [3.63, 3.8) is 0 Å². The van der Waals surface area contributed by atoms with Gasteiger partial charge in [0.25, 0.3) is 0 Å².